The fourth-order valence-corrected chi connectivity index (χ4v) is 1.97. The number of anilines is 1. The van der Waals surface area contributed by atoms with Crippen LogP contribution in [0.25, 0.3) is 0 Å². The first-order valence-electron chi connectivity index (χ1n) is 7.05. The summed E-state index contributed by atoms with van der Waals surface area (Å²) in [7, 11) is 0. The third kappa shape index (κ3) is 5.18. The summed E-state index contributed by atoms with van der Waals surface area (Å²) in [6, 6.07) is 15.3. The molecule has 4 N–H and O–H groups in total. The van der Waals surface area contributed by atoms with E-state index in [0.717, 1.165) is 18.5 Å². The molecule has 0 fully saturated rings. The smallest absolute Gasteiger partial charge is 0.193 e. The zero-order valence-electron chi connectivity index (χ0n) is 12.2. The van der Waals surface area contributed by atoms with Crippen molar-refractivity contribution in [1.29, 1.82) is 0 Å². The second kappa shape index (κ2) is 7.33. The van der Waals surface area contributed by atoms with Gasteiger partial charge in [0.1, 0.15) is 5.75 Å². The van der Waals surface area contributed by atoms with Gasteiger partial charge in [-0.2, -0.15) is 0 Å². The highest BCUT2D eigenvalue weighted by molar-refractivity contribution is 5.92. The number of nitrogens with two attached hydrogens (primary N) is 1. The van der Waals surface area contributed by atoms with Crippen LogP contribution in [0.3, 0.4) is 0 Å². The molecule has 0 radical (unpaired) electrons. The molecule has 2 rings (SSSR count). The highest BCUT2D eigenvalue weighted by Gasteiger charge is 1.96. The van der Waals surface area contributed by atoms with Gasteiger partial charge in [0.15, 0.2) is 5.96 Å². The van der Waals surface area contributed by atoms with E-state index < -0.39 is 0 Å². The van der Waals surface area contributed by atoms with Crippen LogP contribution in [0, 0.1) is 6.92 Å². The molecule has 0 amide bonds. The molecular formula is C17H21N3O. The molecule has 21 heavy (non-hydrogen) atoms. The maximum atomic E-state index is 9.21. The largest absolute Gasteiger partial charge is 0.508 e. The summed E-state index contributed by atoms with van der Waals surface area (Å²) in [5, 5.41) is 12.3. The molecule has 110 valence electrons. The van der Waals surface area contributed by atoms with Gasteiger partial charge < -0.3 is 16.2 Å². The number of rotatable bonds is 5. The first kappa shape index (κ1) is 14.9. The lowest BCUT2D eigenvalue weighted by molar-refractivity contribution is 0.475. The van der Waals surface area contributed by atoms with E-state index in [1.165, 1.54) is 11.1 Å². The number of hydrogen-bond donors (Lipinski definition) is 3. The zero-order valence-corrected chi connectivity index (χ0v) is 12.2. The summed E-state index contributed by atoms with van der Waals surface area (Å²) in [5.41, 5.74) is 9.19. The van der Waals surface area contributed by atoms with Crippen molar-refractivity contribution in [1.82, 2.24) is 0 Å². The molecule has 0 bridgehead atoms. The van der Waals surface area contributed by atoms with Crippen molar-refractivity contribution in [2.45, 2.75) is 19.8 Å². The van der Waals surface area contributed by atoms with Crippen molar-refractivity contribution in [2.24, 2.45) is 10.7 Å². The Balaban J connectivity index is 1.75. The normalized spacial score (nSPS) is 11.4. The fourth-order valence-electron chi connectivity index (χ4n) is 1.97. The van der Waals surface area contributed by atoms with Crippen LogP contribution in [-0.4, -0.2) is 17.6 Å². The lowest BCUT2D eigenvalue weighted by Gasteiger charge is -2.06. The minimum absolute atomic E-state index is 0.295. The van der Waals surface area contributed by atoms with Gasteiger partial charge in [0.25, 0.3) is 0 Å². The van der Waals surface area contributed by atoms with Crippen molar-refractivity contribution in [2.75, 3.05) is 11.9 Å². The molecule has 4 heteroatoms. The quantitative estimate of drug-likeness (QED) is 0.448. The standard InChI is InChI=1S/C17H21N3O/c1-13-4-8-15(9-5-13)20-17(18)19-12-2-3-14-6-10-16(21)11-7-14/h4-11,21H,2-3,12H2,1H3,(H3,18,19,20). The second-order valence-corrected chi connectivity index (χ2v) is 5.03. The van der Waals surface area contributed by atoms with E-state index >= 15 is 0 Å². The molecule has 0 unspecified atom stereocenters. The lowest BCUT2D eigenvalue weighted by Crippen LogP contribution is -2.22. The molecule has 0 heterocycles. The van der Waals surface area contributed by atoms with Crippen LogP contribution < -0.4 is 11.1 Å². The molecule has 0 saturated heterocycles. The highest BCUT2D eigenvalue weighted by atomic mass is 16.3. The van der Waals surface area contributed by atoms with Crippen molar-refractivity contribution in [3.63, 3.8) is 0 Å². The molecule has 0 aliphatic heterocycles. The number of aromatic hydroxyl groups is 1. The first-order chi connectivity index (χ1) is 10.1. The van der Waals surface area contributed by atoms with E-state index in [-0.39, 0.29) is 0 Å². The first-order valence-corrected chi connectivity index (χ1v) is 7.05. The molecule has 2 aromatic rings. The summed E-state index contributed by atoms with van der Waals surface area (Å²) in [6.07, 6.45) is 1.84. The summed E-state index contributed by atoms with van der Waals surface area (Å²) in [6.45, 7) is 2.72. The van der Waals surface area contributed by atoms with Crippen molar-refractivity contribution in [3.05, 3.63) is 59.7 Å². The number of nitrogens with zero attached hydrogens (tertiary/aromatic N) is 1. The van der Waals surface area contributed by atoms with E-state index in [1.807, 2.05) is 43.3 Å². The molecule has 0 aliphatic carbocycles. The lowest BCUT2D eigenvalue weighted by atomic mass is 10.1. The van der Waals surface area contributed by atoms with E-state index in [0.29, 0.717) is 18.3 Å². The van der Waals surface area contributed by atoms with Gasteiger partial charge >= 0.3 is 0 Å². The Morgan fingerprint density at radius 3 is 2.43 bits per heavy atom. The minimum atomic E-state index is 0.295. The maximum Gasteiger partial charge on any atom is 0.193 e. The Kier molecular flexibility index (Phi) is 5.21. The van der Waals surface area contributed by atoms with Crippen molar-refractivity contribution < 1.29 is 5.11 Å². The van der Waals surface area contributed by atoms with Crippen LogP contribution >= 0.6 is 0 Å². The molecule has 2 aromatic carbocycles. The molecule has 0 atom stereocenters. The van der Waals surface area contributed by atoms with E-state index in [1.54, 1.807) is 12.1 Å². The Morgan fingerprint density at radius 1 is 1.10 bits per heavy atom. The fraction of sp³-hybridized carbons (Fsp3) is 0.235. The topological polar surface area (TPSA) is 70.6 Å². The predicted molar refractivity (Wildman–Crippen MR) is 87.7 cm³/mol. The number of hydrogen-bond acceptors (Lipinski definition) is 2. The Labute approximate surface area is 125 Å². The van der Waals surface area contributed by atoms with Gasteiger partial charge in [-0.05, 0) is 49.6 Å². The van der Waals surface area contributed by atoms with Crippen molar-refractivity contribution in [3.8, 4) is 5.75 Å². The number of nitrogens with one attached hydrogen (secondary N) is 1. The van der Waals surface area contributed by atoms with Crippen LogP contribution in [0.1, 0.15) is 17.5 Å². The third-order valence-corrected chi connectivity index (χ3v) is 3.17. The monoisotopic (exact) mass is 283 g/mol. The van der Waals surface area contributed by atoms with Crippen LogP contribution in [-0.2, 0) is 6.42 Å². The number of phenolic OH excluding ortho intramolecular Hbond substituents is 1. The molecular weight excluding hydrogens is 262 g/mol. The number of benzene rings is 2. The van der Waals surface area contributed by atoms with Gasteiger partial charge in [-0.15, -0.1) is 0 Å². The van der Waals surface area contributed by atoms with Gasteiger partial charge in [-0.1, -0.05) is 29.8 Å². The van der Waals surface area contributed by atoms with Crippen LogP contribution in [0.5, 0.6) is 5.75 Å². The number of aliphatic imine (C=N–C) groups is 1. The third-order valence-electron chi connectivity index (χ3n) is 3.17. The number of guanidine groups is 1. The van der Waals surface area contributed by atoms with E-state index in [9.17, 15) is 5.11 Å². The molecule has 0 spiro atoms. The maximum absolute atomic E-state index is 9.21. The van der Waals surface area contributed by atoms with Gasteiger partial charge in [-0.25, -0.2) is 0 Å². The number of aryl methyl sites for hydroxylation is 2. The SMILES string of the molecule is Cc1ccc(NC(N)=NCCCc2ccc(O)cc2)cc1. The minimum Gasteiger partial charge on any atom is -0.508 e. The number of phenols is 1. The van der Waals surface area contributed by atoms with E-state index in [2.05, 4.69) is 10.3 Å². The molecule has 4 nitrogen and oxygen atoms in total. The average Bonchev–Trinajstić information content (AvgIpc) is 2.48. The average molecular weight is 283 g/mol. The van der Waals surface area contributed by atoms with Crippen molar-refractivity contribution >= 4 is 11.6 Å². The van der Waals surface area contributed by atoms with Crippen LogP contribution in [0.15, 0.2) is 53.5 Å². The zero-order chi connectivity index (χ0) is 15.1. The molecule has 0 aromatic heterocycles. The van der Waals surface area contributed by atoms with Gasteiger partial charge in [-0.3, -0.25) is 4.99 Å². The van der Waals surface area contributed by atoms with Gasteiger partial charge in [0, 0.05) is 12.2 Å². The van der Waals surface area contributed by atoms with Gasteiger partial charge in [0.2, 0.25) is 0 Å². The van der Waals surface area contributed by atoms with Crippen LogP contribution in [0.2, 0.25) is 0 Å². The summed E-state index contributed by atoms with van der Waals surface area (Å²) < 4.78 is 0. The van der Waals surface area contributed by atoms with Gasteiger partial charge in [0.05, 0.1) is 0 Å². The Hall–Kier alpha value is -2.49. The van der Waals surface area contributed by atoms with Crippen LogP contribution in [0.4, 0.5) is 5.69 Å². The summed E-state index contributed by atoms with van der Waals surface area (Å²) in [5.74, 6) is 0.730. The summed E-state index contributed by atoms with van der Waals surface area (Å²) >= 11 is 0. The highest BCUT2D eigenvalue weighted by Crippen LogP contribution is 2.11. The Bertz CT molecular complexity index is 588. The molecule has 0 saturated carbocycles. The summed E-state index contributed by atoms with van der Waals surface area (Å²) in [4.78, 5) is 4.31. The predicted octanol–water partition coefficient (Wildman–Crippen LogP) is 3.06. The Morgan fingerprint density at radius 2 is 1.76 bits per heavy atom. The molecule has 0 aliphatic rings. The van der Waals surface area contributed by atoms with E-state index in [4.69, 9.17) is 5.73 Å². The second-order valence-electron chi connectivity index (χ2n) is 5.03.